The number of hydrogen-bond donors (Lipinski definition) is 1. The van der Waals surface area contributed by atoms with Gasteiger partial charge in [0.2, 0.25) is 0 Å². The molecule has 1 aliphatic rings. The maximum absolute atomic E-state index is 4.93. The molecule has 8 heteroatoms. The first-order valence-electron chi connectivity index (χ1n) is 11.5. The summed E-state index contributed by atoms with van der Waals surface area (Å²) in [5.41, 5.74) is 3.99. The van der Waals surface area contributed by atoms with Crippen molar-refractivity contribution >= 4 is 0 Å². The van der Waals surface area contributed by atoms with Crippen molar-refractivity contribution < 1.29 is 0 Å². The summed E-state index contributed by atoms with van der Waals surface area (Å²) in [7, 11) is 0. The molecular weight excluding hydrogens is 400 g/mol. The number of aromatic amines is 1. The second-order valence-electron chi connectivity index (χ2n) is 8.46. The molecule has 1 aliphatic carbocycles. The number of rotatable bonds is 7. The maximum atomic E-state index is 4.93. The second kappa shape index (κ2) is 9.38. The van der Waals surface area contributed by atoms with E-state index in [0.29, 0.717) is 18.3 Å². The van der Waals surface area contributed by atoms with Crippen LogP contribution in [0.1, 0.15) is 68.7 Å². The Balaban J connectivity index is 1.38. The second-order valence-corrected chi connectivity index (χ2v) is 8.46. The van der Waals surface area contributed by atoms with Gasteiger partial charge in [-0.15, -0.1) is 5.10 Å². The van der Waals surface area contributed by atoms with E-state index in [1.165, 1.54) is 32.1 Å². The van der Waals surface area contributed by atoms with Gasteiger partial charge in [-0.1, -0.05) is 56.5 Å². The predicted octanol–water partition coefficient (Wildman–Crippen LogP) is 4.57. The van der Waals surface area contributed by atoms with E-state index in [4.69, 9.17) is 15.1 Å². The molecule has 3 aromatic heterocycles. The van der Waals surface area contributed by atoms with E-state index in [2.05, 4.69) is 50.4 Å². The summed E-state index contributed by atoms with van der Waals surface area (Å²) in [6.45, 7) is 2.83. The lowest BCUT2D eigenvalue weighted by Crippen LogP contribution is -2.09. The number of aryl methyl sites for hydroxylation is 1. The summed E-state index contributed by atoms with van der Waals surface area (Å²) in [4.78, 5) is 9.67. The first-order chi connectivity index (χ1) is 15.8. The Morgan fingerprint density at radius 3 is 2.59 bits per heavy atom. The van der Waals surface area contributed by atoms with Crippen LogP contribution in [0.3, 0.4) is 0 Å². The monoisotopic (exact) mass is 428 g/mol. The molecule has 0 aliphatic heterocycles. The first kappa shape index (κ1) is 20.5. The van der Waals surface area contributed by atoms with Gasteiger partial charge >= 0.3 is 0 Å². The van der Waals surface area contributed by atoms with Gasteiger partial charge in [-0.2, -0.15) is 5.10 Å². The molecule has 1 fully saturated rings. The Bertz CT molecular complexity index is 1140. The normalized spacial score (nSPS) is 14.7. The Morgan fingerprint density at radius 2 is 1.88 bits per heavy atom. The van der Waals surface area contributed by atoms with Crippen molar-refractivity contribution in [1.29, 1.82) is 0 Å². The minimum Gasteiger partial charge on any atom is -0.259 e. The van der Waals surface area contributed by atoms with Crippen molar-refractivity contribution in [2.45, 2.75) is 64.3 Å². The number of hydrogen-bond acceptors (Lipinski definition) is 6. The highest BCUT2D eigenvalue weighted by Gasteiger charge is 2.21. The molecule has 4 aromatic rings. The number of pyridine rings is 1. The predicted molar refractivity (Wildman–Crippen MR) is 122 cm³/mol. The van der Waals surface area contributed by atoms with Crippen LogP contribution in [0.15, 0.2) is 42.6 Å². The Hall–Kier alpha value is -3.42. The van der Waals surface area contributed by atoms with E-state index in [1.807, 2.05) is 24.4 Å². The molecule has 1 aromatic carbocycles. The van der Waals surface area contributed by atoms with E-state index >= 15 is 0 Å². The lowest BCUT2D eigenvalue weighted by Gasteiger charge is -2.18. The van der Waals surface area contributed by atoms with Gasteiger partial charge in [0.1, 0.15) is 5.82 Å². The van der Waals surface area contributed by atoms with Gasteiger partial charge in [0.15, 0.2) is 11.6 Å². The summed E-state index contributed by atoms with van der Waals surface area (Å²) < 4.78 is 2.06. The van der Waals surface area contributed by atoms with Gasteiger partial charge in [0.25, 0.3) is 0 Å². The van der Waals surface area contributed by atoms with Crippen LogP contribution in [0.5, 0.6) is 0 Å². The van der Waals surface area contributed by atoms with E-state index in [0.717, 1.165) is 46.9 Å². The van der Waals surface area contributed by atoms with Crippen molar-refractivity contribution in [3.05, 3.63) is 59.9 Å². The van der Waals surface area contributed by atoms with Crippen LogP contribution in [0.4, 0.5) is 0 Å². The molecule has 32 heavy (non-hydrogen) atoms. The minimum atomic E-state index is 0.512. The van der Waals surface area contributed by atoms with Crippen LogP contribution < -0.4 is 0 Å². The highest BCUT2D eigenvalue weighted by Crippen LogP contribution is 2.31. The van der Waals surface area contributed by atoms with Crippen molar-refractivity contribution in [2.75, 3.05) is 0 Å². The molecular formula is C24H28N8. The van der Waals surface area contributed by atoms with Crippen LogP contribution in [0, 0.1) is 0 Å². The van der Waals surface area contributed by atoms with Gasteiger partial charge in [0.05, 0.1) is 12.2 Å². The first-order valence-corrected chi connectivity index (χ1v) is 11.5. The molecule has 0 saturated heterocycles. The van der Waals surface area contributed by atoms with Gasteiger partial charge in [-0.25, -0.2) is 14.8 Å². The highest BCUT2D eigenvalue weighted by molar-refractivity contribution is 5.79. The Kier molecular flexibility index (Phi) is 6.00. The molecule has 8 nitrogen and oxygen atoms in total. The number of nitrogens with one attached hydrogen (secondary N) is 1. The topological polar surface area (TPSA) is 98.1 Å². The fraction of sp³-hybridized carbons (Fsp3) is 0.417. The molecule has 1 saturated carbocycles. The smallest absolute Gasteiger partial charge is 0.180 e. The van der Waals surface area contributed by atoms with Crippen molar-refractivity contribution in [3.63, 3.8) is 0 Å². The van der Waals surface area contributed by atoms with Gasteiger partial charge < -0.3 is 0 Å². The molecule has 5 rings (SSSR count). The van der Waals surface area contributed by atoms with Crippen molar-refractivity contribution in [3.8, 4) is 22.5 Å². The van der Waals surface area contributed by atoms with Crippen LogP contribution in [-0.4, -0.2) is 40.4 Å². The molecule has 0 bridgehead atoms. The minimum absolute atomic E-state index is 0.512. The zero-order valence-corrected chi connectivity index (χ0v) is 18.4. The van der Waals surface area contributed by atoms with Crippen molar-refractivity contribution in [2.24, 2.45) is 0 Å². The average Bonchev–Trinajstić information content (AvgIpc) is 3.51. The molecule has 0 unspecified atom stereocenters. The highest BCUT2D eigenvalue weighted by atomic mass is 15.5. The third kappa shape index (κ3) is 4.30. The SMILES string of the molecule is CCCc1nc(C2CCCCC2)nn1Cc1ccc(-c2ccccc2-c2nnn[nH]2)cn1. The average molecular weight is 429 g/mol. The quantitative estimate of drug-likeness (QED) is 0.463. The summed E-state index contributed by atoms with van der Waals surface area (Å²) in [6.07, 6.45) is 10.2. The van der Waals surface area contributed by atoms with Crippen molar-refractivity contribution in [1.82, 2.24) is 40.4 Å². The van der Waals surface area contributed by atoms with Crippen LogP contribution in [0.2, 0.25) is 0 Å². The molecule has 0 atom stereocenters. The van der Waals surface area contributed by atoms with Crippen LogP contribution in [0.25, 0.3) is 22.5 Å². The van der Waals surface area contributed by atoms with Gasteiger partial charge in [0, 0.05) is 29.7 Å². The molecule has 0 radical (unpaired) electrons. The fourth-order valence-corrected chi connectivity index (χ4v) is 4.51. The third-order valence-corrected chi connectivity index (χ3v) is 6.18. The number of tetrazole rings is 1. The number of nitrogens with zero attached hydrogens (tertiary/aromatic N) is 7. The van der Waals surface area contributed by atoms with E-state index in [1.54, 1.807) is 0 Å². The maximum Gasteiger partial charge on any atom is 0.180 e. The number of H-pyrrole nitrogens is 1. The molecule has 0 spiro atoms. The van der Waals surface area contributed by atoms with E-state index in [9.17, 15) is 0 Å². The van der Waals surface area contributed by atoms with Crippen LogP contribution >= 0.6 is 0 Å². The molecule has 164 valence electrons. The summed E-state index contributed by atoms with van der Waals surface area (Å²) >= 11 is 0. The molecule has 0 amide bonds. The van der Waals surface area contributed by atoms with Gasteiger partial charge in [-0.05, 0) is 41.3 Å². The van der Waals surface area contributed by atoms with Crippen LogP contribution in [-0.2, 0) is 13.0 Å². The number of benzene rings is 1. The lowest BCUT2D eigenvalue weighted by molar-refractivity contribution is 0.426. The van der Waals surface area contributed by atoms with Gasteiger partial charge in [-0.3, -0.25) is 4.98 Å². The lowest BCUT2D eigenvalue weighted by atomic mass is 9.89. The zero-order valence-electron chi connectivity index (χ0n) is 18.4. The summed E-state index contributed by atoms with van der Waals surface area (Å²) in [5, 5.41) is 19.2. The third-order valence-electron chi connectivity index (χ3n) is 6.18. The molecule has 1 N–H and O–H groups in total. The Morgan fingerprint density at radius 1 is 1.03 bits per heavy atom. The summed E-state index contributed by atoms with van der Waals surface area (Å²) in [5.74, 6) is 3.26. The van der Waals surface area contributed by atoms with E-state index in [-0.39, 0.29) is 0 Å². The Labute approximate surface area is 187 Å². The number of aromatic nitrogens is 8. The standard InChI is InChI=1S/C24H28N8/c1-2-8-22-26-23(17-9-4-3-5-10-17)29-32(22)16-19-14-13-18(15-25-19)20-11-6-7-12-21(20)24-27-30-31-28-24/h6-7,11-15,17H,2-5,8-10,16H2,1H3,(H,27,28,30,31). The zero-order chi connectivity index (χ0) is 21.8. The largest absolute Gasteiger partial charge is 0.259 e. The fourth-order valence-electron chi connectivity index (χ4n) is 4.51. The summed E-state index contributed by atoms with van der Waals surface area (Å²) in [6, 6.07) is 12.2. The van der Waals surface area contributed by atoms with E-state index < -0.39 is 0 Å². The molecule has 3 heterocycles.